The van der Waals surface area contributed by atoms with Crippen LogP contribution in [0.2, 0.25) is 0 Å². The number of hydrogen-bond acceptors (Lipinski definition) is 10. The van der Waals surface area contributed by atoms with Crippen LogP contribution in [0.5, 0.6) is 0 Å². The third-order valence-electron chi connectivity index (χ3n) is 11.0. The molecular weight excluding hydrogens is 698 g/mol. The van der Waals surface area contributed by atoms with Gasteiger partial charge in [-0.15, -0.1) is 0 Å². The van der Waals surface area contributed by atoms with E-state index in [2.05, 4.69) is 13.8 Å². The van der Waals surface area contributed by atoms with Crippen molar-refractivity contribution < 1.29 is 43.9 Å². The van der Waals surface area contributed by atoms with Crippen molar-refractivity contribution >= 4 is 11.9 Å². The van der Waals surface area contributed by atoms with Gasteiger partial charge in [0.05, 0.1) is 6.61 Å². The zero-order chi connectivity index (χ0) is 40.2. The van der Waals surface area contributed by atoms with Crippen LogP contribution in [0, 0.1) is 0 Å². The summed E-state index contributed by atoms with van der Waals surface area (Å²) in [5, 5.41) is 30.7. The third-order valence-corrected chi connectivity index (χ3v) is 11.0. The largest absolute Gasteiger partial charge is 0.462 e. The van der Waals surface area contributed by atoms with E-state index in [0.29, 0.717) is 6.42 Å². The molecule has 1 rings (SSSR count). The summed E-state index contributed by atoms with van der Waals surface area (Å²) < 4.78 is 22.4. The Morgan fingerprint density at radius 3 is 1.25 bits per heavy atom. The average molecular weight is 786 g/mol. The van der Waals surface area contributed by atoms with Gasteiger partial charge in [-0.05, 0) is 12.8 Å². The smallest absolute Gasteiger partial charge is 0.306 e. The Hall–Kier alpha value is -1.30. The molecule has 1 aliphatic heterocycles. The molecule has 0 aromatic carbocycles. The van der Waals surface area contributed by atoms with Crippen molar-refractivity contribution in [1.82, 2.24) is 0 Å². The molecule has 326 valence electrons. The van der Waals surface area contributed by atoms with Gasteiger partial charge in [-0.2, -0.15) is 0 Å². The summed E-state index contributed by atoms with van der Waals surface area (Å²) in [4.78, 5) is 25.3. The second-order valence-corrected chi connectivity index (χ2v) is 16.3. The molecule has 0 bridgehead atoms. The van der Waals surface area contributed by atoms with Gasteiger partial charge in [-0.1, -0.05) is 194 Å². The number of hydrogen-bond donors (Lipinski definition) is 4. The van der Waals surface area contributed by atoms with E-state index in [1.807, 2.05) is 0 Å². The molecule has 0 spiro atoms. The monoisotopic (exact) mass is 786 g/mol. The maximum absolute atomic E-state index is 12.8. The summed E-state index contributed by atoms with van der Waals surface area (Å²) in [5.41, 5.74) is 5.65. The molecular formula is C45H87NO9. The van der Waals surface area contributed by atoms with Crippen molar-refractivity contribution in [2.45, 2.75) is 256 Å². The van der Waals surface area contributed by atoms with Crippen LogP contribution in [0.4, 0.5) is 0 Å². The van der Waals surface area contributed by atoms with E-state index in [4.69, 9.17) is 24.7 Å². The molecule has 0 saturated carbocycles. The van der Waals surface area contributed by atoms with E-state index >= 15 is 0 Å². The van der Waals surface area contributed by atoms with Crippen LogP contribution in [0.3, 0.4) is 0 Å². The number of nitrogens with two attached hydrogens (primary N) is 1. The van der Waals surface area contributed by atoms with E-state index in [1.165, 1.54) is 154 Å². The lowest BCUT2D eigenvalue weighted by Crippen LogP contribution is -2.60. The molecule has 55 heavy (non-hydrogen) atoms. The average Bonchev–Trinajstić information content (AvgIpc) is 3.18. The molecule has 1 heterocycles. The van der Waals surface area contributed by atoms with E-state index in [-0.39, 0.29) is 32.1 Å². The minimum atomic E-state index is -1.53. The summed E-state index contributed by atoms with van der Waals surface area (Å²) in [5.74, 6) is -0.754. The molecule has 5 N–H and O–H groups in total. The first-order valence-electron chi connectivity index (χ1n) is 23.2. The molecule has 6 atom stereocenters. The van der Waals surface area contributed by atoms with Crippen molar-refractivity contribution in [1.29, 1.82) is 0 Å². The van der Waals surface area contributed by atoms with E-state index in [1.54, 1.807) is 0 Å². The second-order valence-electron chi connectivity index (χ2n) is 16.3. The van der Waals surface area contributed by atoms with Gasteiger partial charge in [0.1, 0.15) is 31.0 Å². The molecule has 10 nitrogen and oxygen atoms in total. The quantitative estimate of drug-likeness (QED) is 0.0349. The van der Waals surface area contributed by atoms with Gasteiger partial charge in [-0.3, -0.25) is 9.59 Å². The first kappa shape index (κ1) is 51.7. The number of aliphatic hydroxyl groups is 3. The van der Waals surface area contributed by atoms with Crippen molar-refractivity contribution in [3.63, 3.8) is 0 Å². The van der Waals surface area contributed by atoms with Gasteiger partial charge >= 0.3 is 11.9 Å². The zero-order valence-electron chi connectivity index (χ0n) is 35.6. The molecule has 10 heteroatoms. The summed E-state index contributed by atoms with van der Waals surface area (Å²) in [6.45, 7) is 4.02. The van der Waals surface area contributed by atoms with Crippen LogP contribution in [0.15, 0.2) is 0 Å². The Bertz CT molecular complexity index is 875. The lowest BCUT2D eigenvalue weighted by atomic mass is 9.99. The number of esters is 2. The predicted octanol–water partition coefficient (Wildman–Crippen LogP) is 9.75. The Morgan fingerprint density at radius 2 is 0.873 bits per heavy atom. The summed E-state index contributed by atoms with van der Waals surface area (Å²) in [7, 11) is 0. The van der Waals surface area contributed by atoms with Gasteiger partial charge in [0, 0.05) is 19.4 Å². The molecule has 0 radical (unpaired) electrons. The first-order chi connectivity index (χ1) is 26.8. The number of ether oxygens (including phenoxy) is 4. The molecule has 1 unspecified atom stereocenters. The minimum Gasteiger partial charge on any atom is -0.462 e. The highest BCUT2D eigenvalue weighted by atomic mass is 16.7. The Kier molecular flexibility index (Phi) is 34.8. The second kappa shape index (κ2) is 37.0. The molecule has 0 amide bonds. The van der Waals surface area contributed by atoms with Crippen molar-refractivity contribution in [3.05, 3.63) is 0 Å². The molecule has 0 aromatic rings. The molecule has 0 aliphatic carbocycles. The highest BCUT2D eigenvalue weighted by Crippen LogP contribution is 2.22. The van der Waals surface area contributed by atoms with Gasteiger partial charge < -0.3 is 40.0 Å². The van der Waals surface area contributed by atoms with Gasteiger partial charge in [0.25, 0.3) is 0 Å². The van der Waals surface area contributed by atoms with Crippen molar-refractivity contribution in [2.75, 3.05) is 19.8 Å². The predicted molar refractivity (Wildman–Crippen MR) is 222 cm³/mol. The minimum absolute atomic E-state index is 0.0839. The van der Waals surface area contributed by atoms with E-state index in [0.717, 1.165) is 38.5 Å². The maximum atomic E-state index is 12.8. The Labute approximate surface area is 336 Å². The van der Waals surface area contributed by atoms with E-state index in [9.17, 15) is 24.9 Å². The number of rotatable bonds is 39. The highest BCUT2D eigenvalue weighted by Gasteiger charge is 2.44. The number of aliphatic hydroxyl groups excluding tert-OH is 3. The SMILES string of the molecule is CCCCCCCCCCCCCCCCCCCC(=O)OC(COC(=O)CCCCCCCCCCCCCCC)CO[C@@H]1O[C@H](CN)[C@@H](O)[C@H](O)[C@H]1O. The van der Waals surface area contributed by atoms with E-state index < -0.39 is 42.8 Å². The van der Waals surface area contributed by atoms with Gasteiger partial charge in [0.2, 0.25) is 0 Å². The van der Waals surface area contributed by atoms with Crippen LogP contribution >= 0.6 is 0 Å². The number of carbonyl (C=O) groups is 2. The Balaban J connectivity index is 2.29. The zero-order valence-corrected chi connectivity index (χ0v) is 35.6. The van der Waals surface area contributed by atoms with Crippen LogP contribution in [-0.4, -0.2) is 83.8 Å². The van der Waals surface area contributed by atoms with Gasteiger partial charge in [0.15, 0.2) is 12.4 Å². The van der Waals surface area contributed by atoms with Crippen LogP contribution in [-0.2, 0) is 28.5 Å². The third kappa shape index (κ3) is 28.7. The normalized spacial score (nSPS) is 20.4. The molecule has 1 aliphatic rings. The Morgan fingerprint density at radius 1 is 0.509 bits per heavy atom. The highest BCUT2D eigenvalue weighted by molar-refractivity contribution is 5.70. The van der Waals surface area contributed by atoms with Crippen molar-refractivity contribution in [2.24, 2.45) is 5.73 Å². The molecule has 0 aromatic heterocycles. The lowest BCUT2D eigenvalue weighted by Gasteiger charge is -2.40. The summed E-state index contributed by atoms with van der Waals surface area (Å²) in [6, 6.07) is 0. The van der Waals surface area contributed by atoms with Crippen LogP contribution < -0.4 is 5.73 Å². The lowest BCUT2D eigenvalue weighted by molar-refractivity contribution is -0.299. The van der Waals surface area contributed by atoms with Crippen molar-refractivity contribution in [3.8, 4) is 0 Å². The number of unbranched alkanes of at least 4 members (excludes halogenated alkanes) is 28. The molecule has 1 fully saturated rings. The van der Waals surface area contributed by atoms with Crippen LogP contribution in [0.1, 0.15) is 219 Å². The van der Waals surface area contributed by atoms with Crippen LogP contribution in [0.25, 0.3) is 0 Å². The maximum Gasteiger partial charge on any atom is 0.306 e. The fourth-order valence-electron chi connectivity index (χ4n) is 7.35. The fraction of sp³-hybridized carbons (Fsp3) is 0.956. The topological polar surface area (TPSA) is 158 Å². The summed E-state index contributed by atoms with van der Waals surface area (Å²) in [6.07, 6.45) is 30.4. The summed E-state index contributed by atoms with van der Waals surface area (Å²) >= 11 is 0. The molecule has 1 saturated heterocycles. The number of carbonyl (C=O) groups excluding carboxylic acids is 2. The first-order valence-corrected chi connectivity index (χ1v) is 23.2. The fourth-order valence-corrected chi connectivity index (χ4v) is 7.35. The standard InChI is InChI=1S/C45H87NO9/c1-3-5-7-9-11-13-15-17-18-19-20-22-24-26-28-30-32-34-41(48)54-38(37-53-45-44(51)43(50)42(49)39(35-46)55-45)36-52-40(47)33-31-29-27-25-23-21-16-14-12-10-8-6-4-2/h38-39,42-45,49-51H,3-37,46H2,1-2H3/t38?,39-,42-,43+,44-,45-/m1/s1. The van der Waals surface area contributed by atoms with Gasteiger partial charge in [-0.25, -0.2) is 0 Å².